The van der Waals surface area contributed by atoms with Crippen LogP contribution in [-0.4, -0.2) is 41.2 Å². The van der Waals surface area contributed by atoms with Gasteiger partial charge in [-0.25, -0.2) is 0 Å². The van der Waals surface area contributed by atoms with Crippen LogP contribution < -0.4 is 0 Å². The molecule has 0 heterocycles. The number of nitrogens with zero attached hydrogens (tertiary/aromatic N) is 2. The van der Waals surface area contributed by atoms with Crippen molar-refractivity contribution in [3.05, 3.63) is 34.9 Å². The number of carbonyl (C=O) groups excluding carboxylic acids is 2. The summed E-state index contributed by atoms with van der Waals surface area (Å²) in [5.74, 6) is 0.0552. The molecule has 0 N–H and O–H groups in total. The molecule has 0 bridgehead atoms. The molecule has 0 aliphatic heterocycles. The third kappa shape index (κ3) is 5.76. The summed E-state index contributed by atoms with van der Waals surface area (Å²) >= 11 is 5.85. The predicted octanol–water partition coefficient (Wildman–Crippen LogP) is 2.95. The van der Waals surface area contributed by atoms with E-state index in [4.69, 9.17) is 11.6 Å². The van der Waals surface area contributed by atoms with Crippen molar-refractivity contribution >= 4 is 23.4 Å². The zero-order valence-electron chi connectivity index (χ0n) is 12.9. The second kappa shape index (κ2) is 8.67. The molecule has 2 amide bonds. The van der Waals surface area contributed by atoms with Gasteiger partial charge in [-0.15, -0.1) is 0 Å². The predicted molar refractivity (Wildman–Crippen MR) is 85.1 cm³/mol. The van der Waals surface area contributed by atoms with Crippen molar-refractivity contribution in [2.45, 2.75) is 33.7 Å². The Morgan fingerprint density at radius 3 is 2.10 bits per heavy atom. The molecule has 0 spiro atoms. The molecule has 4 nitrogen and oxygen atoms in total. The van der Waals surface area contributed by atoms with Gasteiger partial charge in [0, 0.05) is 44.5 Å². The first-order chi connectivity index (χ1) is 9.97. The van der Waals surface area contributed by atoms with Gasteiger partial charge in [-0.05, 0) is 31.5 Å². The highest BCUT2D eigenvalue weighted by Crippen LogP contribution is 2.12. The third-order valence-corrected chi connectivity index (χ3v) is 3.70. The second-order valence-electron chi connectivity index (χ2n) is 4.88. The molecule has 0 fully saturated rings. The number of rotatable bonds is 7. The van der Waals surface area contributed by atoms with Crippen LogP contribution in [0.1, 0.15) is 32.8 Å². The molecule has 0 saturated heterocycles. The van der Waals surface area contributed by atoms with Crippen LogP contribution in [-0.2, 0) is 16.1 Å². The molecule has 5 heteroatoms. The lowest BCUT2D eigenvalue weighted by Gasteiger charge is -2.24. The lowest BCUT2D eigenvalue weighted by atomic mass is 10.2. The minimum Gasteiger partial charge on any atom is -0.343 e. The first kappa shape index (κ1) is 17.5. The molecule has 0 unspecified atom stereocenters. The number of halogens is 1. The molecular weight excluding hydrogens is 288 g/mol. The fraction of sp³-hybridized carbons (Fsp3) is 0.500. The quantitative estimate of drug-likeness (QED) is 0.777. The van der Waals surface area contributed by atoms with Crippen molar-refractivity contribution in [2.24, 2.45) is 0 Å². The van der Waals surface area contributed by atoms with E-state index in [0.29, 0.717) is 37.6 Å². The number of hydrogen-bond acceptors (Lipinski definition) is 2. The van der Waals surface area contributed by atoms with E-state index in [1.165, 1.54) is 6.92 Å². The van der Waals surface area contributed by atoms with Gasteiger partial charge in [-0.3, -0.25) is 9.59 Å². The second-order valence-corrected chi connectivity index (χ2v) is 5.32. The number of carbonyl (C=O) groups is 2. The average Bonchev–Trinajstić information content (AvgIpc) is 2.46. The van der Waals surface area contributed by atoms with Crippen molar-refractivity contribution < 1.29 is 9.59 Å². The van der Waals surface area contributed by atoms with E-state index in [0.717, 1.165) is 5.56 Å². The Hall–Kier alpha value is -1.55. The summed E-state index contributed by atoms with van der Waals surface area (Å²) < 4.78 is 0. The molecule has 0 atom stereocenters. The van der Waals surface area contributed by atoms with Gasteiger partial charge in [0.2, 0.25) is 11.8 Å². The number of amides is 2. The van der Waals surface area contributed by atoms with Crippen molar-refractivity contribution in [1.29, 1.82) is 0 Å². The minimum atomic E-state index is -0.0303. The van der Waals surface area contributed by atoms with Gasteiger partial charge in [0.25, 0.3) is 0 Å². The first-order valence-corrected chi connectivity index (χ1v) is 7.63. The maximum atomic E-state index is 12.0. The normalized spacial score (nSPS) is 10.3. The Bertz CT molecular complexity index is 470. The summed E-state index contributed by atoms with van der Waals surface area (Å²) in [5, 5.41) is 0.671. The molecule has 116 valence electrons. The van der Waals surface area contributed by atoms with Gasteiger partial charge in [0.05, 0.1) is 0 Å². The van der Waals surface area contributed by atoms with E-state index in [1.54, 1.807) is 21.9 Å². The summed E-state index contributed by atoms with van der Waals surface area (Å²) in [5.41, 5.74) is 1.00. The Labute approximate surface area is 131 Å². The average molecular weight is 311 g/mol. The maximum Gasteiger partial charge on any atom is 0.224 e. The highest BCUT2D eigenvalue weighted by Gasteiger charge is 2.14. The lowest BCUT2D eigenvalue weighted by molar-refractivity contribution is -0.133. The largest absolute Gasteiger partial charge is 0.343 e. The van der Waals surface area contributed by atoms with E-state index >= 15 is 0 Å². The van der Waals surface area contributed by atoms with Gasteiger partial charge < -0.3 is 9.80 Å². The van der Waals surface area contributed by atoms with Gasteiger partial charge >= 0.3 is 0 Å². The Kier molecular flexibility index (Phi) is 7.23. The van der Waals surface area contributed by atoms with Crippen LogP contribution in [0.5, 0.6) is 0 Å². The van der Waals surface area contributed by atoms with Crippen LogP contribution in [0.15, 0.2) is 24.3 Å². The van der Waals surface area contributed by atoms with Crippen molar-refractivity contribution in [1.82, 2.24) is 9.80 Å². The molecule has 0 aliphatic rings. The van der Waals surface area contributed by atoms with E-state index in [1.807, 2.05) is 26.0 Å². The summed E-state index contributed by atoms with van der Waals surface area (Å²) in [7, 11) is 0. The molecule has 0 aromatic heterocycles. The van der Waals surface area contributed by atoms with Crippen LogP contribution in [0.4, 0.5) is 0 Å². The monoisotopic (exact) mass is 310 g/mol. The summed E-state index contributed by atoms with van der Waals surface area (Å²) in [6, 6.07) is 7.39. The van der Waals surface area contributed by atoms with Crippen molar-refractivity contribution in [2.75, 3.05) is 19.6 Å². The van der Waals surface area contributed by atoms with Crippen molar-refractivity contribution in [3.63, 3.8) is 0 Å². The smallest absolute Gasteiger partial charge is 0.224 e. The third-order valence-electron chi connectivity index (χ3n) is 3.44. The molecule has 0 radical (unpaired) electrons. The zero-order valence-corrected chi connectivity index (χ0v) is 13.7. The first-order valence-electron chi connectivity index (χ1n) is 7.25. The van der Waals surface area contributed by atoms with Crippen LogP contribution in [0.3, 0.4) is 0 Å². The van der Waals surface area contributed by atoms with Gasteiger partial charge in [0.1, 0.15) is 0 Å². The molecule has 21 heavy (non-hydrogen) atoms. The summed E-state index contributed by atoms with van der Waals surface area (Å²) in [6.45, 7) is 7.78. The topological polar surface area (TPSA) is 40.6 Å². The van der Waals surface area contributed by atoms with Crippen LogP contribution in [0.2, 0.25) is 5.02 Å². The summed E-state index contributed by atoms with van der Waals surface area (Å²) in [6.07, 6.45) is 0.356. The van der Waals surface area contributed by atoms with E-state index in [-0.39, 0.29) is 11.8 Å². The van der Waals surface area contributed by atoms with Gasteiger partial charge in [-0.1, -0.05) is 23.7 Å². The molecule has 0 saturated carbocycles. The van der Waals surface area contributed by atoms with Crippen molar-refractivity contribution in [3.8, 4) is 0 Å². The standard InChI is InChI=1S/C16H23ClN2O2/c1-4-18(5-2)16(21)10-11-19(13(3)20)12-14-6-8-15(17)9-7-14/h6-9H,4-5,10-12H2,1-3H3. The van der Waals surface area contributed by atoms with Crippen LogP contribution >= 0.6 is 11.6 Å². The van der Waals surface area contributed by atoms with Crippen LogP contribution in [0.25, 0.3) is 0 Å². The van der Waals surface area contributed by atoms with E-state index in [9.17, 15) is 9.59 Å². The minimum absolute atomic E-state index is 0.0303. The Morgan fingerprint density at radius 1 is 1.05 bits per heavy atom. The SMILES string of the molecule is CCN(CC)C(=O)CCN(Cc1ccc(Cl)cc1)C(C)=O. The summed E-state index contributed by atoms with van der Waals surface area (Å²) in [4.78, 5) is 27.2. The van der Waals surface area contributed by atoms with Gasteiger partial charge in [-0.2, -0.15) is 0 Å². The van der Waals surface area contributed by atoms with E-state index in [2.05, 4.69) is 0 Å². The van der Waals surface area contributed by atoms with Gasteiger partial charge in [0.15, 0.2) is 0 Å². The highest BCUT2D eigenvalue weighted by molar-refractivity contribution is 6.30. The number of benzene rings is 1. The number of hydrogen-bond donors (Lipinski definition) is 0. The fourth-order valence-corrected chi connectivity index (χ4v) is 2.25. The Balaban J connectivity index is 2.60. The molecule has 0 aliphatic carbocycles. The molecule has 1 aromatic carbocycles. The zero-order chi connectivity index (χ0) is 15.8. The molecule has 1 rings (SSSR count). The lowest BCUT2D eigenvalue weighted by Crippen LogP contribution is -2.35. The highest BCUT2D eigenvalue weighted by atomic mass is 35.5. The maximum absolute atomic E-state index is 12.0. The molecular formula is C16H23ClN2O2. The Morgan fingerprint density at radius 2 is 1.62 bits per heavy atom. The molecule has 1 aromatic rings. The van der Waals surface area contributed by atoms with E-state index < -0.39 is 0 Å². The van der Waals surface area contributed by atoms with Crippen LogP contribution in [0, 0.1) is 0 Å². The fourth-order valence-electron chi connectivity index (χ4n) is 2.12.